The quantitative estimate of drug-likeness (QED) is 0.832. The average molecular weight is 363 g/mol. The summed E-state index contributed by atoms with van der Waals surface area (Å²) >= 11 is 0. The monoisotopic (exact) mass is 363 g/mol. The van der Waals surface area contributed by atoms with E-state index in [2.05, 4.69) is 20.8 Å². The number of hydrogen-bond acceptors (Lipinski definition) is 3. The van der Waals surface area contributed by atoms with Crippen LogP contribution in [0.4, 0.5) is 0 Å². The van der Waals surface area contributed by atoms with Crippen LogP contribution in [0.15, 0.2) is 42.5 Å². The predicted octanol–water partition coefficient (Wildman–Crippen LogP) is 4.19. The highest BCUT2D eigenvalue weighted by atomic mass is 16.3. The number of aliphatic hydroxyl groups is 1. The molecule has 2 atom stereocenters. The molecule has 2 aliphatic heterocycles. The van der Waals surface area contributed by atoms with Crippen molar-refractivity contribution in [3.63, 3.8) is 0 Å². The Kier molecular flexibility index (Phi) is 4.19. The summed E-state index contributed by atoms with van der Waals surface area (Å²) in [6.07, 6.45) is 1.87. The van der Waals surface area contributed by atoms with Gasteiger partial charge < -0.3 is 10.0 Å². The van der Waals surface area contributed by atoms with Gasteiger partial charge >= 0.3 is 0 Å². The van der Waals surface area contributed by atoms with E-state index in [1.807, 2.05) is 41.3 Å². The number of carbonyl (C=O) groups excluding carboxylic acids is 2. The summed E-state index contributed by atoms with van der Waals surface area (Å²) in [7, 11) is 0. The van der Waals surface area contributed by atoms with E-state index >= 15 is 0 Å². The van der Waals surface area contributed by atoms with Gasteiger partial charge in [0.25, 0.3) is 5.91 Å². The number of fused-ring (bicyclic) bond motifs is 5. The largest absolute Gasteiger partial charge is 0.388 e. The first-order chi connectivity index (χ1) is 12.8. The molecule has 2 bridgehead atoms. The molecule has 140 valence electrons. The van der Waals surface area contributed by atoms with Crippen LogP contribution in [0.5, 0.6) is 0 Å². The maximum Gasteiger partial charge on any atom is 0.254 e. The highest BCUT2D eigenvalue weighted by Crippen LogP contribution is 2.53. The summed E-state index contributed by atoms with van der Waals surface area (Å²) < 4.78 is 0. The minimum atomic E-state index is -0.490. The summed E-state index contributed by atoms with van der Waals surface area (Å²) in [5.41, 5.74) is 4.69. The number of nitrogens with zero attached hydrogens (tertiary/aromatic N) is 1. The minimum Gasteiger partial charge on any atom is -0.388 e. The van der Waals surface area contributed by atoms with E-state index in [0.717, 1.165) is 24.0 Å². The van der Waals surface area contributed by atoms with Gasteiger partial charge in [-0.1, -0.05) is 45.0 Å². The van der Waals surface area contributed by atoms with E-state index in [4.69, 9.17) is 5.11 Å². The van der Waals surface area contributed by atoms with Crippen LogP contribution < -0.4 is 0 Å². The number of benzene rings is 2. The van der Waals surface area contributed by atoms with Gasteiger partial charge in [0.1, 0.15) is 6.61 Å². The van der Waals surface area contributed by atoms with Crippen molar-refractivity contribution in [2.75, 3.05) is 6.61 Å². The molecular weight excluding hydrogens is 338 g/mol. The van der Waals surface area contributed by atoms with Crippen LogP contribution in [-0.4, -0.2) is 28.3 Å². The van der Waals surface area contributed by atoms with Gasteiger partial charge in [-0.15, -0.1) is 0 Å². The van der Waals surface area contributed by atoms with Crippen LogP contribution in [0.3, 0.4) is 0 Å². The lowest BCUT2D eigenvalue weighted by molar-refractivity contribution is 0.0696. The fraction of sp³-hybridized carbons (Fsp3) is 0.391. The lowest BCUT2D eigenvalue weighted by atomic mass is 9.86. The van der Waals surface area contributed by atoms with Gasteiger partial charge in [0.05, 0.1) is 12.1 Å². The topological polar surface area (TPSA) is 57.6 Å². The molecule has 4 rings (SSSR count). The van der Waals surface area contributed by atoms with E-state index in [0.29, 0.717) is 11.1 Å². The Morgan fingerprint density at radius 2 is 1.56 bits per heavy atom. The average Bonchev–Trinajstić information content (AvgIpc) is 3.23. The summed E-state index contributed by atoms with van der Waals surface area (Å²) in [6, 6.07) is 13.6. The number of amides is 1. The first-order valence-electron chi connectivity index (χ1n) is 9.52. The van der Waals surface area contributed by atoms with Gasteiger partial charge in [-0.05, 0) is 53.1 Å². The van der Waals surface area contributed by atoms with Crippen molar-refractivity contribution in [2.45, 2.75) is 51.1 Å². The van der Waals surface area contributed by atoms with Crippen molar-refractivity contribution in [1.29, 1.82) is 0 Å². The second kappa shape index (κ2) is 6.31. The van der Waals surface area contributed by atoms with Crippen molar-refractivity contribution in [3.8, 4) is 0 Å². The van der Waals surface area contributed by atoms with E-state index < -0.39 is 6.61 Å². The molecule has 1 N–H and O–H groups in total. The molecule has 2 aromatic rings. The third-order valence-electron chi connectivity index (χ3n) is 5.89. The summed E-state index contributed by atoms with van der Waals surface area (Å²) in [5, 5.41) is 9.12. The van der Waals surface area contributed by atoms with E-state index in [1.54, 1.807) is 6.07 Å². The van der Waals surface area contributed by atoms with Gasteiger partial charge in [-0.2, -0.15) is 0 Å². The Morgan fingerprint density at radius 3 is 2.15 bits per heavy atom. The number of hydrogen-bond donors (Lipinski definition) is 1. The minimum absolute atomic E-state index is 0.0197. The first-order valence-corrected chi connectivity index (χ1v) is 9.52. The molecule has 0 spiro atoms. The molecule has 4 heteroatoms. The Labute approximate surface area is 159 Å². The Balaban J connectivity index is 1.63. The maximum absolute atomic E-state index is 13.2. The lowest BCUT2D eigenvalue weighted by Gasteiger charge is -2.24. The molecule has 1 saturated heterocycles. The molecule has 1 fully saturated rings. The summed E-state index contributed by atoms with van der Waals surface area (Å²) in [6.45, 7) is 5.99. The molecule has 2 heterocycles. The van der Waals surface area contributed by atoms with Crippen molar-refractivity contribution in [3.05, 3.63) is 70.3 Å². The number of aliphatic hydroxyl groups excluding tert-OH is 1. The predicted molar refractivity (Wildman–Crippen MR) is 104 cm³/mol. The zero-order valence-electron chi connectivity index (χ0n) is 16.0. The molecule has 0 radical (unpaired) electrons. The van der Waals surface area contributed by atoms with E-state index in [9.17, 15) is 9.59 Å². The van der Waals surface area contributed by atoms with E-state index in [-0.39, 0.29) is 29.2 Å². The smallest absolute Gasteiger partial charge is 0.254 e. The van der Waals surface area contributed by atoms with Crippen molar-refractivity contribution in [1.82, 2.24) is 4.90 Å². The van der Waals surface area contributed by atoms with Gasteiger partial charge in [0.15, 0.2) is 5.78 Å². The molecule has 2 aliphatic rings. The molecular formula is C23H25NO3. The van der Waals surface area contributed by atoms with Gasteiger partial charge in [0, 0.05) is 11.1 Å². The number of Topliss-reactive ketones (excluding diaryl/α,β-unsaturated/α-hetero) is 1. The van der Waals surface area contributed by atoms with Crippen LogP contribution >= 0.6 is 0 Å². The van der Waals surface area contributed by atoms with Gasteiger partial charge in [0.2, 0.25) is 0 Å². The highest BCUT2D eigenvalue weighted by Gasteiger charge is 2.46. The normalized spacial score (nSPS) is 20.7. The first kappa shape index (κ1) is 17.9. The van der Waals surface area contributed by atoms with Crippen molar-refractivity contribution >= 4 is 11.7 Å². The molecule has 0 aromatic heterocycles. The number of rotatable bonds is 3. The van der Waals surface area contributed by atoms with Crippen molar-refractivity contribution in [2.24, 2.45) is 0 Å². The van der Waals surface area contributed by atoms with Crippen LogP contribution in [0.2, 0.25) is 0 Å². The fourth-order valence-electron chi connectivity index (χ4n) is 4.40. The standard InChI is InChI=1S/C23H25NO3/c1-23(2,3)16-7-4-14(5-8-16)22(27)24-19-10-11-20(24)18-12-15(21(26)13-25)6-9-17(18)19/h4-9,12,19-20,25H,10-11,13H2,1-3H3. The molecule has 0 aliphatic carbocycles. The highest BCUT2D eigenvalue weighted by molar-refractivity contribution is 5.98. The van der Waals surface area contributed by atoms with Crippen LogP contribution in [0.25, 0.3) is 0 Å². The molecule has 27 heavy (non-hydrogen) atoms. The number of carbonyl (C=O) groups is 2. The molecule has 2 aromatic carbocycles. The van der Waals surface area contributed by atoms with Gasteiger partial charge in [-0.3, -0.25) is 9.59 Å². The maximum atomic E-state index is 13.2. The van der Waals surface area contributed by atoms with Gasteiger partial charge in [-0.25, -0.2) is 0 Å². The summed E-state index contributed by atoms with van der Waals surface area (Å²) in [4.78, 5) is 27.0. The number of ketones is 1. The third kappa shape index (κ3) is 2.88. The molecule has 2 unspecified atom stereocenters. The van der Waals surface area contributed by atoms with E-state index in [1.165, 1.54) is 5.56 Å². The second-order valence-corrected chi connectivity index (χ2v) is 8.57. The second-order valence-electron chi connectivity index (χ2n) is 8.57. The molecule has 0 saturated carbocycles. The zero-order chi connectivity index (χ0) is 19.3. The SMILES string of the molecule is CC(C)(C)c1ccc(C(=O)N2C3CCC2c2cc(C(=O)CO)ccc23)cc1. The molecule has 1 amide bonds. The van der Waals surface area contributed by atoms with Crippen LogP contribution in [0, 0.1) is 0 Å². The zero-order valence-corrected chi connectivity index (χ0v) is 16.0. The summed E-state index contributed by atoms with van der Waals surface area (Å²) in [5.74, 6) is -0.231. The third-order valence-corrected chi connectivity index (χ3v) is 5.89. The van der Waals surface area contributed by atoms with Crippen LogP contribution in [0.1, 0.15) is 83.1 Å². The Bertz CT molecular complexity index is 908. The molecule has 4 nitrogen and oxygen atoms in total. The Morgan fingerprint density at radius 1 is 0.963 bits per heavy atom. The lowest BCUT2D eigenvalue weighted by Crippen LogP contribution is -2.28. The Hall–Kier alpha value is -2.46. The van der Waals surface area contributed by atoms with Crippen molar-refractivity contribution < 1.29 is 14.7 Å². The fourth-order valence-corrected chi connectivity index (χ4v) is 4.40. The van der Waals surface area contributed by atoms with Crippen LogP contribution in [-0.2, 0) is 5.41 Å².